The van der Waals surface area contributed by atoms with Gasteiger partial charge >= 0.3 is 0 Å². The molecule has 0 spiro atoms. The lowest BCUT2D eigenvalue weighted by Crippen LogP contribution is -2.02. The van der Waals surface area contributed by atoms with Gasteiger partial charge in [0.1, 0.15) is 0 Å². The van der Waals surface area contributed by atoms with E-state index in [2.05, 4.69) is 4.99 Å². The van der Waals surface area contributed by atoms with E-state index in [1.165, 1.54) is 18.2 Å². The van der Waals surface area contributed by atoms with Crippen LogP contribution in [-0.4, -0.2) is 6.08 Å². The van der Waals surface area contributed by atoms with Gasteiger partial charge in [-0.15, -0.1) is 0 Å². The third kappa shape index (κ3) is 1.78. The highest BCUT2D eigenvalue weighted by Crippen LogP contribution is 2.50. The maximum absolute atomic E-state index is 13.1. The lowest BCUT2D eigenvalue weighted by atomic mass is 10.1. The van der Waals surface area contributed by atoms with Crippen molar-refractivity contribution in [3.63, 3.8) is 0 Å². The normalized spacial score (nSPS) is 17.0. The number of hydrogen-bond donors (Lipinski definition) is 0. The summed E-state index contributed by atoms with van der Waals surface area (Å²) in [5.74, 6) is -0.645. The van der Waals surface area contributed by atoms with Crippen molar-refractivity contribution in [3.05, 3.63) is 33.6 Å². The van der Waals surface area contributed by atoms with Crippen LogP contribution < -0.4 is 0 Å². The molecule has 0 atom stereocenters. The number of isocyanates is 1. The molecule has 0 bridgehead atoms. The highest BCUT2D eigenvalue weighted by Gasteiger charge is 2.45. The third-order valence-corrected chi connectivity index (χ3v) is 3.05. The molecule has 0 N–H and O–H groups in total. The van der Waals surface area contributed by atoms with E-state index in [0.717, 1.165) is 12.8 Å². The van der Waals surface area contributed by atoms with Gasteiger partial charge in [-0.05, 0) is 30.5 Å². The Labute approximate surface area is 95.7 Å². The summed E-state index contributed by atoms with van der Waals surface area (Å²) in [6.45, 7) is 0. The van der Waals surface area contributed by atoms with Crippen LogP contribution in [0.15, 0.2) is 17.1 Å². The van der Waals surface area contributed by atoms with Gasteiger partial charge in [0.2, 0.25) is 6.08 Å². The molecular weight excluding hydrogens is 240 g/mol. The third-order valence-electron chi connectivity index (χ3n) is 2.50. The molecule has 0 aromatic heterocycles. The van der Waals surface area contributed by atoms with Crippen molar-refractivity contribution in [2.45, 2.75) is 18.4 Å². The first-order valence-electron chi connectivity index (χ1n) is 4.33. The van der Waals surface area contributed by atoms with Gasteiger partial charge in [-0.1, -0.05) is 23.2 Å². The van der Waals surface area contributed by atoms with Crippen LogP contribution in [0.5, 0.6) is 0 Å². The fraction of sp³-hybridized carbons (Fsp3) is 0.300. The highest BCUT2D eigenvalue weighted by atomic mass is 35.5. The number of hydrogen-bond acceptors (Lipinski definition) is 2. The first-order chi connectivity index (χ1) is 7.09. The van der Waals surface area contributed by atoms with Crippen molar-refractivity contribution >= 4 is 29.3 Å². The summed E-state index contributed by atoms with van der Waals surface area (Å²) in [5.41, 5.74) is 0.102. The summed E-state index contributed by atoms with van der Waals surface area (Å²) in [6.07, 6.45) is 2.99. The summed E-state index contributed by atoms with van der Waals surface area (Å²) in [7, 11) is 0. The molecule has 0 saturated heterocycles. The largest absolute Gasteiger partial charge is 0.235 e. The molecule has 2 nitrogen and oxygen atoms in total. The lowest BCUT2D eigenvalue weighted by Gasteiger charge is -2.09. The van der Waals surface area contributed by atoms with Crippen LogP contribution >= 0.6 is 23.2 Å². The first-order valence-corrected chi connectivity index (χ1v) is 5.09. The van der Waals surface area contributed by atoms with E-state index in [1.54, 1.807) is 0 Å². The molecule has 2 rings (SSSR count). The Morgan fingerprint density at radius 1 is 1.33 bits per heavy atom. The lowest BCUT2D eigenvalue weighted by molar-refractivity contribution is 0.556. The number of aliphatic imine (C=N–C) groups is 1. The van der Waals surface area contributed by atoms with Crippen LogP contribution in [0.3, 0.4) is 0 Å². The van der Waals surface area contributed by atoms with Gasteiger partial charge in [-0.3, -0.25) is 0 Å². The zero-order valence-corrected chi connectivity index (χ0v) is 9.07. The van der Waals surface area contributed by atoms with Crippen LogP contribution in [0.1, 0.15) is 18.4 Å². The van der Waals surface area contributed by atoms with Gasteiger partial charge in [-0.25, -0.2) is 9.18 Å². The minimum absolute atomic E-state index is 0.0510. The number of halogens is 3. The number of rotatable bonds is 2. The smallest absolute Gasteiger partial charge is 0.211 e. The second-order valence-corrected chi connectivity index (χ2v) is 4.30. The van der Waals surface area contributed by atoms with E-state index in [1.807, 2.05) is 0 Å². The molecule has 78 valence electrons. The minimum atomic E-state index is -0.645. The summed E-state index contributed by atoms with van der Waals surface area (Å²) in [5, 5.41) is -0.102. The Kier molecular flexibility index (Phi) is 2.55. The molecule has 1 aliphatic carbocycles. The second-order valence-electron chi connectivity index (χ2n) is 3.49. The maximum Gasteiger partial charge on any atom is 0.235 e. The van der Waals surface area contributed by atoms with E-state index in [4.69, 9.17) is 23.2 Å². The molecule has 0 radical (unpaired) electrons. The summed E-state index contributed by atoms with van der Waals surface area (Å²) in [6, 6.07) is 2.91. The molecular formula is C10H6Cl2FNO. The molecule has 0 aliphatic heterocycles. The fourth-order valence-electron chi connectivity index (χ4n) is 1.49. The van der Waals surface area contributed by atoms with Gasteiger partial charge in [-0.2, -0.15) is 4.99 Å². The summed E-state index contributed by atoms with van der Waals surface area (Å²) in [4.78, 5) is 13.9. The zero-order valence-electron chi connectivity index (χ0n) is 7.56. The first kappa shape index (κ1) is 10.6. The van der Waals surface area contributed by atoms with E-state index in [0.29, 0.717) is 5.56 Å². The Morgan fingerprint density at radius 3 is 2.27 bits per heavy atom. The van der Waals surface area contributed by atoms with Crippen LogP contribution in [0.4, 0.5) is 4.39 Å². The van der Waals surface area contributed by atoms with Crippen molar-refractivity contribution < 1.29 is 9.18 Å². The van der Waals surface area contributed by atoms with Crippen molar-refractivity contribution in [1.82, 2.24) is 0 Å². The minimum Gasteiger partial charge on any atom is -0.211 e. The van der Waals surface area contributed by atoms with Gasteiger partial charge in [0.05, 0.1) is 15.6 Å². The Balaban J connectivity index is 2.51. The number of benzene rings is 1. The fourth-order valence-corrected chi connectivity index (χ4v) is 1.98. The molecule has 1 aliphatic rings. The predicted octanol–water partition coefficient (Wildman–Crippen LogP) is 3.46. The van der Waals surface area contributed by atoms with Crippen molar-refractivity contribution in [2.75, 3.05) is 0 Å². The van der Waals surface area contributed by atoms with Crippen LogP contribution in [0.25, 0.3) is 0 Å². The van der Waals surface area contributed by atoms with Crippen molar-refractivity contribution in [2.24, 2.45) is 4.99 Å². The predicted molar refractivity (Wildman–Crippen MR) is 55.5 cm³/mol. The zero-order chi connectivity index (χ0) is 11.1. The topological polar surface area (TPSA) is 29.4 Å². The molecule has 15 heavy (non-hydrogen) atoms. The maximum atomic E-state index is 13.1. The van der Waals surface area contributed by atoms with Gasteiger partial charge in [0.15, 0.2) is 5.82 Å². The van der Waals surface area contributed by atoms with Gasteiger partial charge in [0, 0.05) is 0 Å². The Morgan fingerprint density at radius 2 is 1.87 bits per heavy atom. The van der Waals surface area contributed by atoms with Crippen molar-refractivity contribution in [3.8, 4) is 0 Å². The molecule has 1 aromatic rings. The highest BCUT2D eigenvalue weighted by molar-refractivity contribution is 6.35. The number of nitrogens with zero attached hydrogens (tertiary/aromatic N) is 1. The molecule has 1 aromatic carbocycles. The molecule has 5 heteroatoms. The molecule has 0 heterocycles. The number of carbonyl (C=O) groups excluding carboxylic acids is 1. The van der Waals surface area contributed by atoms with Crippen LogP contribution in [0, 0.1) is 5.82 Å². The second kappa shape index (κ2) is 3.60. The van der Waals surface area contributed by atoms with E-state index in [-0.39, 0.29) is 10.0 Å². The average molecular weight is 246 g/mol. The molecule has 0 unspecified atom stereocenters. The van der Waals surface area contributed by atoms with E-state index >= 15 is 0 Å². The SMILES string of the molecule is O=C=NC1(c2cc(Cl)c(F)c(Cl)c2)CC1. The standard InChI is InChI=1S/C10H6Cl2FNO/c11-7-3-6(4-8(12)9(7)13)10(1-2-10)14-5-15/h3-4H,1-2H2. The van der Waals surface area contributed by atoms with Crippen LogP contribution in [-0.2, 0) is 10.3 Å². The van der Waals surface area contributed by atoms with Crippen molar-refractivity contribution in [1.29, 1.82) is 0 Å². The van der Waals surface area contributed by atoms with Crippen LogP contribution in [0.2, 0.25) is 10.0 Å². The quantitative estimate of drug-likeness (QED) is 0.446. The molecule has 0 amide bonds. The van der Waals surface area contributed by atoms with E-state index < -0.39 is 11.4 Å². The average Bonchev–Trinajstić information content (AvgIpc) is 2.95. The Bertz CT molecular complexity index is 441. The summed E-state index contributed by atoms with van der Waals surface area (Å²) >= 11 is 11.3. The Hall–Kier alpha value is -0.890. The van der Waals surface area contributed by atoms with E-state index in [9.17, 15) is 9.18 Å². The summed E-state index contributed by atoms with van der Waals surface area (Å²) < 4.78 is 13.1. The van der Waals surface area contributed by atoms with Gasteiger partial charge < -0.3 is 0 Å². The molecule has 1 saturated carbocycles. The molecule has 1 fully saturated rings. The van der Waals surface area contributed by atoms with Gasteiger partial charge in [0.25, 0.3) is 0 Å². The monoisotopic (exact) mass is 245 g/mol.